The summed E-state index contributed by atoms with van der Waals surface area (Å²) >= 11 is 0. The minimum absolute atomic E-state index is 0.781. The van der Waals surface area contributed by atoms with Crippen molar-refractivity contribution < 1.29 is 242 Å². The molecule has 10 heterocycles. The molecule has 0 aromatic heterocycles. The van der Waals surface area contributed by atoms with Crippen LogP contribution < -0.4 is 21.3 Å². The zero-order chi connectivity index (χ0) is 89.1. The van der Waals surface area contributed by atoms with Crippen molar-refractivity contribution in [2.75, 3.05) is 52.9 Å². The Morgan fingerprint density at radius 1 is 0.231 bits per heavy atom. The van der Waals surface area contributed by atoms with E-state index in [4.69, 9.17) is 90.0 Å². The van der Waals surface area contributed by atoms with E-state index in [-0.39, 0.29) is 0 Å². The average molecular weight is 1770 g/mol. The van der Waals surface area contributed by atoms with Crippen LogP contribution in [0.5, 0.6) is 0 Å². The first-order chi connectivity index (χ1) is 57.1. The number of hydrogen-bond donors (Lipinski definition) is 30. The Hall–Kier alpha value is -3.92. The predicted molar refractivity (Wildman–Crippen MR) is 373 cm³/mol. The molecule has 121 heavy (non-hydrogen) atoms. The maximum absolute atomic E-state index is 13.2. The van der Waals surface area contributed by atoms with Crippen molar-refractivity contribution in [1.82, 2.24) is 21.3 Å². The second-order valence-corrected chi connectivity index (χ2v) is 31.0. The highest BCUT2D eigenvalue weighted by molar-refractivity contribution is 5.74. The van der Waals surface area contributed by atoms with Crippen molar-refractivity contribution in [2.24, 2.45) is 0 Å². The third kappa shape index (κ3) is 22.0. The van der Waals surface area contributed by atoms with E-state index in [1.807, 2.05) is 0 Å². The third-order valence-electron chi connectivity index (χ3n) is 22.4. The van der Waals surface area contributed by atoms with Gasteiger partial charge < -0.3 is 244 Å². The summed E-state index contributed by atoms with van der Waals surface area (Å²) in [5, 5.41) is 298. The molecule has 0 radical (unpaired) electrons. The Balaban J connectivity index is 0.852. The van der Waals surface area contributed by atoms with Gasteiger partial charge in [-0.2, -0.15) is 0 Å². The summed E-state index contributed by atoms with van der Waals surface area (Å²) in [5.74, 6) is -3.62. The van der Waals surface area contributed by atoms with Crippen LogP contribution in [0.4, 0.5) is 0 Å². The van der Waals surface area contributed by atoms with E-state index >= 15 is 0 Å². The maximum atomic E-state index is 13.2. The fourth-order valence-electron chi connectivity index (χ4n) is 15.7. The highest BCUT2D eigenvalue weighted by Crippen LogP contribution is 2.41. The SMILES string of the molecule is CC(=O)N[C@@H]1[C@@H](O)[C@H](O[C@@H]2O[C@H](CO)[C@@H](O[C@@H]3O[C@H](CO[C@H]4O[C@H](CO)[C@@H](O)[C@H](O)[C@@H]4O[C@@H]4O[C@H](CO)[C@@H](O[C@@H]5O[C@H](CO)[C@H](O)[C@H](O[C@@H]6O[C@H](CO)[C@@H](O[C@@H]7O[C@H](CO)[C@H](O)[C@H](O)[C@H]7O)[C@H](O[C@@H]7O[C@@H](C)[C@@H](O)[C@@H](O)[C@@H]7O)[C@H]6NC(C)=O)[C@H]5O)[C@H](O)[C@H]4NC(C)=O)[C@@H](O)[C@H](O)[C@@H]3O)[C@H](O)[C@H]2NC(C)=O)[C@@H](CO[C@@H]2O[C@@H](C)[C@@H](O)[C@@H](O)[C@@H]2O)O[C@H]1O. The van der Waals surface area contributed by atoms with Crippen LogP contribution in [-0.4, -0.2) is 516 Å². The fourth-order valence-corrected chi connectivity index (χ4v) is 15.7. The maximum Gasteiger partial charge on any atom is 0.217 e. The number of carbonyl (C=O) groups is 4. The molecule has 0 aromatic rings. The predicted octanol–water partition coefficient (Wildman–Crippen LogP) is -20.2. The van der Waals surface area contributed by atoms with Crippen LogP contribution >= 0.6 is 0 Å². The first kappa shape index (κ1) is 99.2. The molecule has 50 atom stereocenters. The third-order valence-corrected chi connectivity index (χ3v) is 22.4. The van der Waals surface area contributed by atoms with Gasteiger partial charge in [-0.15, -0.1) is 0 Å². The Morgan fingerprint density at radius 3 is 0.992 bits per heavy atom. The normalized spacial score (nSPS) is 50.0. The Kier molecular flexibility index (Phi) is 35.3. The lowest BCUT2D eigenvalue weighted by molar-refractivity contribution is -0.393. The second kappa shape index (κ2) is 43.0. The monoisotopic (exact) mass is 1770 g/mol. The molecule has 10 aliphatic heterocycles. The fraction of sp³-hybridized carbons (Fsp3) is 0.941. The summed E-state index contributed by atoms with van der Waals surface area (Å²) in [4.78, 5) is 51.5. The molecule has 0 aromatic carbocycles. The van der Waals surface area contributed by atoms with E-state index in [2.05, 4.69) is 21.3 Å². The molecule has 700 valence electrons. The van der Waals surface area contributed by atoms with Crippen LogP contribution in [0.3, 0.4) is 0 Å². The molecule has 53 nitrogen and oxygen atoms in total. The molecule has 10 saturated heterocycles. The second-order valence-electron chi connectivity index (χ2n) is 31.0. The zero-order valence-electron chi connectivity index (χ0n) is 65.5. The lowest BCUT2D eigenvalue weighted by Crippen LogP contribution is -2.71. The van der Waals surface area contributed by atoms with E-state index in [0.717, 1.165) is 27.7 Å². The molecule has 10 rings (SSSR count). The molecule has 30 N–H and O–H groups in total. The topological polar surface area (TPSA) is 818 Å². The molecule has 0 spiro atoms. The first-order valence-corrected chi connectivity index (χ1v) is 38.8. The molecule has 4 amide bonds. The molecule has 0 unspecified atom stereocenters. The summed E-state index contributed by atoms with van der Waals surface area (Å²) in [7, 11) is 0. The summed E-state index contributed by atoms with van der Waals surface area (Å²) in [6.45, 7) is -2.04. The lowest BCUT2D eigenvalue weighted by Gasteiger charge is -2.52. The van der Waals surface area contributed by atoms with Crippen LogP contribution in [0, 0.1) is 0 Å². The van der Waals surface area contributed by atoms with Gasteiger partial charge in [-0.1, -0.05) is 0 Å². The van der Waals surface area contributed by atoms with Crippen molar-refractivity contribution in [2.45, 2.75) is 348 Å². The van der Waals surface area contributed by atoms with Gasteiger partial charge >= 0.3 is 0 Å². The molecular weight excluding hydrogens is 1660 g/mol. The number of aliphatic hydroxyl groups excluding tert-OH is 26. The van der Waals surface area contributed by atoms with Crippen LogP contribution in [-0.2, 0) is 109 Å². The van der Waals surface area contributed by atoms with Gasteiger partial charge in [0.1, 0.15) is 232 Å². The summed E-state index contributed by atoms with van der Waals surface area (Å²) in [5.41, 5.74) is 0. The van der Waals surface area contributed by atoms with Crippen molar-refractivity contribution in [1.29, 1.82) is 0 Å². The van der Waals surface area contributed by atoms with Gasteiger partial charge in [0.25, 0.3) is 0 Å². The van der Waals surface area contributed by atoms with Crippen molar-refractivity contribution in [3.63, 3.8) is 0 Å². The smallest absolute Gasteiger partial charge is 0.217 e. The number of ether oxygens (including phenoxy) is 19. The van der Waals surface area contributed by atoms with E-state index < -0.39 is 383 Å². The molecule has 0 saturated carbocycles. The minimum Gasteiger partial charge on any atom is -0.394 e. The summed E-state index contributed by atoms with van der Waals surface area (Å²) < 4.78 is 113. The van der Waals surface area contributed by atoms with Gasteiger partial charge in [0.05, 0.1) is 65.1 Å². The van der Waals surface area contributed by atoms with Crippen LogP contribution in [0.1, 0.15) is 41.5 Å². The van der Waals surface area contributed by atoms with Gasteiger partial charge in [0, 0.05) is 27.7 Å². The number of nitrogens with one attached hydrogen (secondary N) is 4. The van der Waals surface area contributed by atoms with Crippen molar-refractivity contribution >= 4 is 23.6 Å². The number of rotatable bonds is 30. The summed E-state index contributed by atoms with van der Waals surface area (Å²) in [6.07, 6.45) is -91.2. The van der Waals surface area contributed by atoms with Crippen LogP contribution in [0.25, 0.3) is 0 Å². The zero-order valence-corrected chi connectivity index (χ0v) is 65.5. The molecule has 53 heteroatoms. The van der Waals surface area contributed by atoms with Gasteiger partial charge in [-0.3, -0.25) is 19.2 Å². The number of carbonyl (C=O) groups excluding carboxylic acids is 4. The van der Waals surface area contributed by atoms with E-state index in [1.54, 1.807) is 0 Å². The minimum atomic E-state index is -2.41. The molecule has 0 bridgehead atoms. The molecular formula is C68H114N4O49. The number of amides is 4. The molecule has 10 fully saturated rings. The quantitative estimate of drug-likeness (QED) is 0.0318. The van der Waals surface area contributed by atoms with Gasteiger partial charge in [0.15, 0.2) is 62.9 Å². The highest BCUT2D eigenvalue weighted by atomic mass is 16.8. The van der Waals surface area contributed by atoms with E-state index in [1.165, 1.54) is 13.8 Å². The van der Waals surface area contributed by atoms with Crippen LogP contribution in [0.15, 0.2) is 0 Å². The van der Waals surface area contributed by atoms with E-state index in [9.17, 15) is 152 Å². The molecule has 0 aliphatic carbocycles. The number of aliphatic hydroxyl groups is 26. The first-order valence-electron chi connectivity index (χ1n) is 38.8. The van der Waals surface area contributed by atoms with Gasteiger partial charge in [0.2, 0.25) is 23.6 Å². The Labute approximate surface area is 686 Å². The average Bonchev–Trinajstić information content (AvgIpc) is 0.759. The lowest BCUT2D eigenvalue weighted by atomic mass is 9.93. The standard InChI is InChI=1S/C68H114N4O49/c1-15-33(83)42(92)47(97)63(105-15)103-14-28-54(39(89)29(59(102)107-28)69-17(3)79)115-60-30(70-18(4)80)40(90)52(24(10-76)111-60)116-66-50(100)45(95)37(87)27(114-66)13-104-68-58(46(96)36(86)22(8-74)110-68)121-61-31(71-19(5)81)41(91)53(25(11-77)112-61)117-67-51(101)57(38(88)23(9-75)109-67)120-62-32(72-20(6)82)56(119-64-48(98)43(93)34(84)16(2)106-64)55(26(12-78)113-62)118-65-49(99)44(94)35(85)21(7-73)108-65/h15-16,21-68,73-78,83-102H,7-14H2,1-6H3,(H,69,79)(H,70,80)(H,71,81)(H,72,82)/t15-,16-,21+,22+,23+,24+,25+,26+,27+,28+,29+,30+,31+,32+,33+,34+,35-,36+,37+,38-,39+,40+,41+,42+,43+,44-,45-,46-,47-,48-,49+,50-,51+,52+,53+,54+,55+,56+,57-,58-,59+,60-,61-,62-,63+,64-,65-,66-,67-,68-/m0/s1. The van der Waals surface area contributed by atoms with Crippen LogP contribution in [0.2, 0.25) is 0 Å². The van der Waals surface area contributed by atoms with Crippen molar-refractivity contribution in [3.05, 3.63) is 0 Å². The van der Waals surface area contributed by atoms with Gasteiger partial charge in [-0.25, -0.2) is 0 Å². The largest absolute Gasteiger partial charge is 0.394 e. The van der Waals surface area contributed by atoms with Gasteiger partial charge in [-0.05, 0) is 13.8 Å². The number of hydrogen-bond acceptors (Lipinski definition) is 49. The molecule has 10 aliphatic rings. The van der Waals surface area contributed by atoms with E-state index in [0.29, 0.717) is 0 Å². The van der Waals surface area contributed by atoms with Crippen molar-refractivity contribution in [3.8, 4) is 0 Å². The summed E-state index contributed by atoms with van der Waals surface area (Å²) in [6, 6.07) is -7.45. The Morgan fingerprint density at radius 2 is 0.521 bits per heavy atom. The highest BCUT2D eigenvalue weighted by Gasteiger charge is 2.62. The Bertz CT molecular complexity index is 3270.